The number of carbonyl (C=O) groups is 3. The minimum atomic E-state index is -3.64. The maximum Gasteiger partial charge on any atom is 0.182 e. The smallest absolute Gasteiger partial charge is 0.182 e. The summed E-state index contributed by atoms with van der Waals surface area (Å²) in [6, 6.07) is 2.54. The molecule has 158 valence electrons. The second-order valence-corrected chi connectivity index (χ2v) is 9.77. The van der Waals surface area contributed by atoms with Crippen molar-refractivity contribution in [3.63, 3.8) is 0 Å². The van der Waals surface area contributed by atoms with Crippen molar-refractivity contribution in [2.75, 3.05) is 19.5 Å². The lowest BCUT2D eigenvalue weighted by Crippen LogP contribution is -2.35. The van der Waals surface area contributed by atoms with E-state index >= 15 is 0 Å². The number of benzene rings is 1. The van der Waals surface area contributed by atoms with Gasteiger partial charge in [-0.3, -0.25) is 14.4 Å². The molecule has 0 amide bonds. The van der Waals surface area contributed by atoms with Crippen LogP contribution in [0.5, 0.6) is 0 Å². The first-order chi connectivity index (χ1) is 13.7. The minimum Gasteiger partial charge on any atom is -0.376 e. The van der Waals surface area contributed by atoms with Crippen molar-refractivity contribution >= 4 is 38.8 Å². The summed E-state index contributed by atoms with van der Waals surface area (Å²) in [5, 5.41) is -0.101. The number of rotatable bonds is 7. The summed E-state index contributed by atoms with van der Waals surface area (Å²) in [6.45, 7) is 0.808. The Balaban J connectivity index is 1.91. The lowest BCUT2D eigenvalue weighted by atomic mass is 9.81. The zero-order valence-corrected chi connectivity index (χ0v) is 17.7. The summed E-state index contributed by atoms with van der Waals surface area (Å²) in [5.41, 5.74) is 0.108. The molecule has 29 heavy (non-hydrogen) atoms. The topological polar surface area (TPSA) is 104 Å². The first-order valence-corrected chi connectivity index (χ1v) is 11.8. The summed E-state index contributed by atoms with van der Waals surface area (Å²) >= 11 is 6.41. The second kappa shape index (κ2) is 9.04. The van der Waals surface area contributed by atoms with Crippen LogP contribution in [-0.4, -0.2) is 51.3 Å². The predicted molar refractivity (Wildman–Crippen MR) is 105 cm³/mol. The Morgan fingerprint density at radius 1 is 1.21 bits per heavy atom. The standard InChI is InChI=1S/C20H23ClO7S/c1-29(25,26)17-8-7-13(20(24)18-15(22)5-2-6-16(18)23)19(21)14(17)11-27-10-12-4-3-9-28-12/h7-8,12,18H,2-6,9-11H2,1H3. The van der Waals surface area contributed by atoms with Crippen LogP contribution in [0.4, 0.5) is 0 Å². The van der Waals surface area contributed by atoms with Gasteiger partial charge < -0.3 is 9.47 Å². The lowest BCUT2D eigenvalue weighted by molar-refractivity contribution is -0.133. The van der Waals surface area contributed by atoms with Crippen molar-refractivity contribution in [3.8, 4) is 0 Å². The van der Waals surface area contributed by atoms with Crippen LogP contribution in [-0.2, 0) is 35.5 Å². The summed E-state index contributed by atoms with van der Waals surface area (Å²) in [4.78, 5) is 37.1. The number of sulfone groups is 1. The molecular weight excluding hydrogens is 420 g/mol. The molecule has 1 aromatic carbocycles. The molecule has 7 nitrogen and oxygen atoms in total. The predicted octanol–water partition coefficient (Wildman–Crippen LogP) is 2.56. The van der Waals surface area contributed by atoms with E-state index < -0.39 is 33.1 Å². The Morgan fingerprint density at radius 3 is 2.48 bits per heavy atom. The molecule has 2 aliphatic rings. The number of carbonyl (C=O) groups excluding carboxylic acids is 3. The summed E-state index contributed by atoms with van der Waals surface area (Å²) in [7, 11) is -3.64. The molecule has 3 rings (SSSR count). The number of ether oxygens (including phenoxy) is 2. The van der Waals surface area contributed by atoms with Gasteiger partial charge in [0.1, 0.15) is 5.92 Å². The van der Waals surface area contributed by atoms with Crippen molar-refractivity contribution < 1.29 is 32.3 Å². The van der Waals surface area contributed by atoms with Crippen LogP contribution >= 0.6 is 11.6 Å². The Labute approximate surface area is 174 Å². The van der Waals surface area contributed by atoms with Gasteiger partial charge in [0.05, 0.1) is 29.2 Å². The first-order valence-electron chi connectivity index (χ1n) is 9.50. The molecule has 1 aliphatic carbocycles. The largest absolute Gasteiger partial charge is 0.376 e. The van der Waals surface area contributed by atoms with E-state index in [2.05, 4.69) is 0 Å². The average Bonchev–Trinajstić information content (AvgIpc) is 3.15. The fourth-order valence-electron chi connectivity index (χ4n) is 3.70. The molecular formula is C20H23ClO7S. The monoisotopic (exact) mass is 442 g/mol. The van der Waals surface area contributed by atoms with E-state index in [4.69, 9.17) is 21.1 Å². The van der Waals surface area contributed by atoms with Gasteiger partial charge in [0.25, 0.3) is 0 Å². The van der Waals surface area contributed by atoms with Gasteiger partial charge >= 0.3 is 0 Å². The number of hydrogen-bond donors (Lipinski definition) is 0. The van der Waals surface area contributed by atoms with Gasteiger partial charge in [0.2, 0.25) is 0 Å². The Bertz CT molecular complexity index is 916. The third kappa shape index (κ3) is 4.94. The van der Waals surface area contributed by atoms with Crippen LogP contribution in [0.2, 0.25) is 5.02 Å². The van der Waals surface area contributed by atoms with Crippen LogP contribution in [0, 0.1) is 5.92 Å². The molecule has 1 heterocycles. The summed E-state index contributed by atoms with van der Waals surface area (Å²) < 4.78 is 35.5. The van der Waals surface area contributed by atoms with Gasteiger partial charge in [-0.2, -0.15) is 0 Å². The maximum atomic E-state index is 12.9. The number of ketones is 3. The van der Waals surface area contributed by atoms with Crippen molar-refractivity contribution in [1.29, 1.82) is 0 Å². The van der Waals surface area contributed by atoms with Gasteiger partial charge in [-0.1, -0.05) is 11.6 Å². The molecule has 1 aromatic rings. The van der Waals surface area contributed by atoms with Crippen molar-refractivity contribution in [1.82, 2.24) is 0 Å². The van der Waals surface area contributed by atoms with Crippen LogP contribution in [0.25, 0.3) is 0 Å². The highest BCUT2D eigenvalue weighted by molar-refractivity contribution is 7.90. The molecule has 0 bridgehead atoms. The molecule has 1 unspecified atom stereocenters. The van der Waals surface area contributed by atoms with E-state index in [0.717, 1.165) is 19.1 Å². The molecule has 0 aromatic heterocycles. The van der Waals surface area contributed by atoms with Crippen LogP contribution in [0.1, 0.15) is 48.0 Å². The van der Waals surface area contributed by atoms with Crippen molar-refractivity contribution in [2.45, 2.75) is 49.7 Å². The average molecular weight is 443 g/mol. The van der Waals surface area contributed by atoms with Gasteiger partial charge in [0, 0.05) is 36.8 Å². The third-order valence-electron chi connectivity index (χ3n) is 5.19. The van der Waals surface area contributed by atoms with E-state index in [0.29, 0.717) is 13.0 Å². The van der Waals surface area contributed by atoms with E-state index in [-0.39, 0.29) is 53.2 Å². The SMILES string of the molecule is CS(=O)(=O)c1ccc(C(=O)C2C(=O)CCCC2=O)c(Cl)c1COCC1CCCO1. The van der Waals surface area contributed by atoms with E-state index in [9.17, 15) is 22.8 Å². The number of halogens is 1. The van der Waals surface area contributed by atoms with Crippen LogP contribution in [0.3, 0.4) is 0 Å². The van der Waals surface area contributed by atoms with Gasteiger partial charge in [0.15, 0.2) is 27.2 Å². The van der Waals surface area contributed by atoms with Gasteiger partial charge in [-0.15, -0.1) is 0 Å². The van der Waals surface area contributed by atoms with E-state index in [1.54, 1.807) is 0 Å². The minimum absolute atomic E-state index is 0.0385. The maximum absolute atomic E-state index is 12.9. The Kier molecular flexibility index (Phi) is 6.88. The highest BCUT2D eigenvalue weighted by atomic mass is 35.5. The molecule has 9 heteroatoms. The fourth-order valence-corrected chi connectivity index (χ4v) is 4.99. The summed E-state index contributed by atoms with van der Waals surface area (Å²) in [5.74, 6) is -2.91. The zero-order valence-electron chi connectivity index (χ0n) is 16.1. The molecule has 1 aliphatic heterocycles. The fraction of sp³-hybridized carbons (Fsp3) is 0.550. The molecule has 1 atom stereocenters. The molecule has 0 N–H and O–H groups in total. The highest BCUT2D eigenvalue weighted by Gasteiger charge is 2.38. The van der Waals surface area contributed by atoms with Gasteiger partial charge in [-0.05, 0) is 31.4 Å². The Morgan fingerprint density at radius 2 is 1.90 bits per heavy atom. The number of hydrogen-bond acceptors (Lipinski definition) is 7. The quantitative estimate of drug-likeness (QED) is 0.472. The highest BCUT2D eigenvalue weighted by Crippen LogP contribution is 2.32. The molecule has 1 saturated carbocycles. The van der Waals surface area contributed by atoms with Gasteiger partial charge in [-0.25, -0.2) is 8.42 Å². The third-order valence-corrected chi connectivity index (χ3v) is 6.80. The number of Topliss-reactive ketones (excluding diaryl/α,β-unsaturated/α-hetero) is 3. The Hall–Kier alpha value is -1.61. The normalized spacial score (nSPS) is 21.0. The lowest BCUT2D eigenvalue weighted by Gasteiger charge is -2.20. The van der Waals surface area contributed by atoms with Crippen molar-refractivity contribution in [2.24, 2.45) is 5.92 Å². The first kappa shape index (κ1) is 22.1. The molecule has 2 fully saturated rings. The van der Waals surface area contributed by atoms with Crippen molar-refractivity contribution in [3.05, 3.63) is 28.3 Å². The molecule has 0 spiro atoms. The van der Waals surface area contributed by atoms with Crippen LogP contribution in [0.15, 0.2) is 17.0 Å². The second-order valence-electron chi connectivity index (χ2n) is 7.41. The zero-order chi connectivity index (χ0) is 21.2. The molecule has 1 saturated heterocycles. The summed E-state index contributed by atoms with van der Waals surface area (Å²) in [6.07, 6.45) is 3.55. The van der Waals surface area contributed by atoms with Crippen LogP contribution < -0.4 is 0 Å². The van der Waals surface area contributed by atoms with E-state index in [1.807, 2.05) is 0 Å². The van der Waals surface area contributed by atoms with E-state index in [1.165, 1.54) is 12.1 Å². The molecule has 0 radical (unpaired) electrons.